The number of nitrogens with zero attached hydrogens (tertiary/aromatic N) is 3. The summed E-state index contributed by atoms with van der Waals surface area (Å²) >= 11 is 0. The van der Waals surface area contributed by atoms with Gasteiger partial charge >= 0.3 is 0 Å². The van der Waals surface area contributed by atoms with Crippen LogP contribution in [0.2, 0.25) is 0 Å². The predicted molar refractivity (Wildman–Crippen MR) is 74.7 cm³/mol. The zero-order chi connectivity index (χ0) is 13.9. The van der Waals surface area contributed by atoms with Crippen LogP contribution < -0.4 is 10.6 Å². The Balaban J connectivity index is 3.06. The lowest BCUT2D eigenvalue weighted by Gasteiger charge is -2.28. The van der Waals surface area contributed by atoms with Crippen LogP contribution in [0.5, 0.6) is 0 Å². The molecule has 0 aliphatic carbocycles. The molecule has 0 aromatic carbocycles. The number of hydrogen-bond donors (Lipinski definition) is 2. The lowest BCUT2D eigenvalue weighted by atomic mass is 10.1. The fourth-order valence-corrected chi connectivity index (χ4v) is 1.93. The van der Waals surface area contributed by atoms with Crippen LogP contribution in [0.4, 0.5) is 11.6 Å². The van der Waals surface area contributed by atoms with Crippen LogP contribution in [0.15, 0.2) is 0 Å². The van der Waals surface area contributed by atoms with E-state index in [1.54, 1.807) is 13.8 Å². The molecule has 0 atom stereocenters. The molecule has 0 aliphatic heterocycles. The highest BCUT2D eigenvalue weighted by Gasteiger charge is 2.19. The molecule has 3 N–H and O–H groups in total. The lowest BCUT2D eigenvalue weighted by Crippen LogP contribution is -2.37. The number of aryl methyl sites for hydroxylation is 1. The molecule has 1 rings (SSSR count). The Bertz CT molecular complexity index is 412. The van der Waals surface area contributed by atoms with Gasteiger partial charge in [-0.3, -0.25) is 0 Å². The standard InChI is InChI=1S/C13H24N4O/c1-6-7-10-15-11(14)9(2)12(16-10)17(5)8-13(3,4)18/h18H,6-8H2,1-5H3,(H2,14,15,16). The molecule has 0 spiro atoms. The molecule has 0 unspecified atom stereocenters. The van der Waals surface area contributed by atoms with Gasteiger partial charge in [0.1, 0.15) is 17.5 Å². The van der Waals surface area contributed by atoms with Crippen molar-refractivity contribution in [3.05, 3.63) is 11.4 Å². The molecule has 0 amide bonds. The number of rotatable bonds is 5. The first-order chi connectivity index (χ1) is 8.24. The van der Waals surface area contributed by atoms with Gasteiger partial charge in [-0.1, -0.05) is 6.92 Å². The lowest BCUT2D eigenvalue weighted by molar-refractivity contribution is 0.0884. The number of likely N-dealkylation sites (N-methyl/N-ethyl adjacent to an activating group) is 1. The van der Waals surface area contributed by atoms with Crippen LogP contribution in [-0.4, -0.2) is 34.3 Å². The van der Waals surface area contributed by atoms with Crippen LogP contribution in [0.3, 0.4) is 0 Å². The Kier molecular flexibility index (Phi) is 4.51. The van der Waals surface area contributed by atoms with E-state index in [0.29, 0.717) is 12.4 Å². The zero-order valence-corrected chi connectivity index (χ0v) is 12.0. The van der Waals surface area contributed by atoms with Gasteiger partial charge in [-0.25, -0.2) is 9.97 Å². The van der Waals surface area contributed by atoms with Gasteiger partial charge < -0.3 is 15.7 Å². The molecule has 0 aliphatic rings. The first-order valence-corrected chi connectivity index (χ1v) is 6.31. The molecule has 1 aromatic heterocycles. The van der Waals surface area contributed by atoms with Crippen LogP contribution in [0, 0.1) is 6.92 Å². The average Bonchev–Trinajstić information content (AvgIpc) is 2.20. The molecule has 0 fully saturated rings. The molecule has 0 radical (unpaired) electrons. The third-order valence-electron chi connectivity index (χ3n) is 2.66. The van der Waals surface area contributed by atoms with Crippen molar-refractivity contribution in [2.75, 3.05) is 24.2 Å². The van der Waals surface area contributed by atoms with E-state index in [1.807, 2.05) is 18.9 Å². The maximum absolute atomic E-state index is 9.87. The van der Waals surface area contributed by atoms with Crippen LogP contribution in [-0.2, 0) is 6.42 Å². The van der Waals surface area contributed by atoms with Crippen molar-refractivity contribution in [3.8, 4) is 0 Å². The minimum absolute atomic E-state index is 0.496. The normalized spacial score (nSPS) is 11.7. The number of nitrogens with two attached hydrogens (primary N) is 1. The van der Waals surface area contributed by atoms with Gasteiger partial charge in [-0.2, -0.15) is 0 Å². The molecule has 5 nitrogen and oxygen atoms in total. The molecule has 0 bridgehead atoms. The number of aromatic nitrogens is 2. The summed E-state index contributed by atoms with van der Waals surface area (Å²) in [5.74, 6) is 2.08. The second kappa shape index (κ2) is 5.52. The summed E-state index contributed by atoms with van der Waals surface area (Å²) in [5.41, 5.74) is 6.00. The fourth-order valence-electron chi connectivity index (χ4n) is 1.93. The van der Waals surface area contributed by atoms with E-state index in [2.05, 4.69) is 16.9 Å². The molecule has 0 saturated carbocycles. The van der Waals surface area contributed by atoms with E-state index in [4.69, 9.17) is 5.73 Å². The SMILES string of the molecule is CCCc1nc(N)c(C)c(N(C)CC(C)(C)O)n1. The van der Waals surface area contributed by atoms with E-state index in [-0.39, 0.29) is 0 Å². The number of aliphatic hydroxyl groups is 1. The van der Waals surface area contributed by atoms with Crippen molar-refractivity contribution in [3.63, 3.8) is 0 Å². The highest BCUT2D eigenvalue weighted by atomic mass is 16.3. The first-order valence-electron chi connectivity index (χ1n) is 6.31. The average molecular weight is 252 g/mol. The van der Waals surface area contributed by atoms with Crippen molar-refractivity contribution in [2.45, 2.75) is 46.1 Å². The summed E-state index contributed by atoms with van der Waals surface area (Å²) < 4.78 is 0. The number of nitrogen functional groups attached to an aromatic ring is 1. The summed E-state index contributed by atoms with van der Waals surface area (Å²) in [6.07, 6.45) is 1.80. The topological polar surface area (TPSA) is 75.3 Å². The van der Waals surface area contributed by atoms with Crippen molar-refractivity contribution >= 4 is 11.6 Å². The van der Waals surface area contributed by atoms with Gasteiger partial charge in [0.25, 0.3) is 0 Å². The second-order valence-electron chi connectivity index (χ2n) is 5.39. The molecule has 18 heavy (non-hydrogen) atoms. The molecule has 1 aromatic rings. The largest absolute Gasteiger partial charge is 0.389 e. The number of hydrogen-bond acceptors (Lipinski definition) is 5. The van der Waals surface area contributed by atoms with Crippen LogP contribution in [0.1, 0.15) is 38.6 Å². The Morgan fingerprint density at radius 1 is 1.33 bits per heavy atom. The van der Waals surface area contributed by atoms with Gasteiger partial charge in [0.05, 0.1) is 5.60 Å². The molecule has 1 heterocycles. The summed E-state index contributed by atoms with van der Waals surface area (Å²) in [6, 6.07) is 0. The van der Waals surface area contributed by atoms with E-state index >= 15 is 0 Å². The second-order valence-corrected chi connectivity index (χ2v) is 5.39. The van der Waals surface area contributed by atoms with E-state index in [0.717, 1.165) is 30.0 Å². The summed E-state index contributed by atoms with van der Waals surface area (Å²) in [4.78, 5) is 10.7. The van der Waals surface area contributed by atoms with Gasteiger partial charge in [-0.05, 0) is 27.2 Å². The number of anilines is 2. The van der Waals surface area contributed by atoms with Crippen LogP contribution in [0.25, 0.3) is 0 Å². The minimum Gasteiger partial charge on any atom is -0.389 e. The maximum Gasteiger partial charge on any atom is 0.137 e. The van der Waals surface area contributed by atoms with Crippen LogP contribution >= 0.6 is 0 Å². The third-order valence-corrected chi connectivity index (χ3v) is 2.66. The van der Waals surface area contributed by atoms with Crippen molar-refractivity contribution in [1.29, 1.82) is 0 Å². The molecular weight excluding hydrogens is 228 g/mol. The van der Waals surface area contributed by atoms with Gasteiger partial charge in [-0.15, -0.1) is 0 Å². The zero-order valence-electron chi connectivity index (χ0n) is 12.0. The molecular formula is C13H24N4O. The smallest absolute Gasteiger partial charge is 0.137 e. The predicted octanol–water partition coefficient (Wildman–Crippen LogP) is 1.53. The fraction of sp³-hybridized carbons (Fsp3) is 0.692. The van der Waals surface area contributed by atoms with Gasteiger partial charge in [0.15, 0.2) is 0 Å². The Morgan fingerprint density at radius 3 is 2.44 bits per heavy atom. The summed E-state index contributed by atoms with van der Waals surface area (Å²) in [6.45, 7) is 8.03. The van der Waals surface area contributed by atoms with Crippen molar-refractivity contribution in [2.24, 2.45) is 0 Å². The molecule has 5 heteroatoms. The van der Waals surface area contributed by atoms with E-state index < -0.39 is 5.60 Å². The Hall–Kier alpha value is -1.36. The summed E-state index contributed by atoms with van der Waals surface area (Å²) in [7, 11) is 1.91. The van der Waals surface area contributed by atoms with Crippen molar-refractivity contribution in [1.82, 2.24) is 9.97 Å². The summed E-state index contributed by atoms with van der Waals surface area (Å²) in [5, 5.41) is 9.87. The quantitative estimate of drug-likeness (QED) is 0.831. The van der Waals surface area contributed by atoms with E-state index in [1.165, 1.54) is 0 Å². The third kappa shape index (κ3) is 3.84. The van der Waals surface area contributed by atoms with Gasteiger partial charge in [0, 0.05) is 25.6 Å². The molecule has 102 valence electrons. The highest BCUT2D eigenvalue weighted by molar-refractivity contribution is 5.56. The van der Waals surface area contributed by atoms with Crippen molar-refractivity contribution < 1.29 is 5.11 Å². The van der Waals surface area contributed by atoms with E-state index in [9.17, 15) is 5.11 Å². The monoisotopic (exact) mass is 252 g/mol. The molecule has 0 saturated heterocycles. The first kappa shape index (κ1) is 14.7. The Morgan fingerprint density at radius 2 is 1.94 bits per heavy atom. The Labute approximate surface area is 109 Å². The minimum atomic E-state index is -0.772. The maximum atomic E-state index is 9.87. The van der Waals surface area contributed by atoms with Gasteiger partial charge in [0.2, 0.25) is 0 Å². The highest BCUT2D eigenvalue weighted by Crippen LogP contribution is 2.22.